The maximum atomic E-state index is 8.88. The number of aliphatic hydroxyl groups excluding tert-OH is 2. The smallest absolute Gasteiger partial charge is 0.423 e. The van der Waals surface area contributed by atoms with Crippen molar-refractivity contribution in [3.63, 3.8) is 0 Å². The van der Waals surface area contributed by atoms with E-state index in [-0.39, 0.29) is 13.2 Å². The number of benzene rings is 1. The van der Waals surface area contributed by atoms with E-state index in [0.29, 0.717) is 16.6 Å². The largest absolute Gasteiger partial charge is 0.488 e. The molecule has 0 saturated carbocycles. The Hall–Kier alpha value is -0.875. The van der Waals surface area contributed by atoms with Gasteiger partial charge in [0.15, 0.2) is 0 Å². The molecule has 0 aliphatic rings. The lowest BCUT2D eigenvalue weighted by Gasteiger charge is -2.06. The minimum Gasteiger partial charge on any atom is -0.423 e. The van der Waals surface area contributed by atoms with Gasteiger partial charge in [0.05, 0.1) is 13.2 Å². The van der Waals surface area contributed by atoms with Crippen molar-refractivity contribution in [1.29, 1.82) is 0 Å². The molecule has 1 aromatic carbocycles. The molecule has 4 N–H and O–H groups in total. The van der Waals surface area contributed by atoms with Crippen LogP contribution >= 0.6 is 0 Å². The zero-order chi connectivity index (χ0) is 9.84. The highest BCUT2D eigenvalue weighted by molar-refractivity contribution is 6.58. The van der Waals surface area contributed by atoms with E-state index in [4.69, 9.17) is 20.3 Å². The summed E-state index contributed by atoms with van der Waals surface area (Å²) < 4.78 is 0. The van der Waals surface area contributed by atoms with Crippen molar-refractivity contribution in [2.24, 2.45) is 0 Å². The van der Waals surface area contributed by atoms with Crippen LogP contribution in [0.25, 0.3) is 0 Å². The van der Waals surface area contributed by atoms with Crippen molar-refractivity contribution in [2.75, 3.05) is 0 Å². The Morgan fingerprint density at radius 1 is 1.00 bits per heavy atom. The summed E-state index contributed by atoms with van der Waals surface area (Å²) in [6.07, 6.45) is 0. The van der Waals surface area contributed by atoms with Gasteiger partial charge in [0.2, 0.25) is 0 Å². The van der Waals surface area contributed by atoms with E-state index in [1.54, 1.807) is 6.07 Å². The van der Waals surface area contributed by atoms with Gasteiger partial charge < -0.3 is 20.3 Å². The monoisotopic (exact) mass is 182 g/mol. The molecule has 0 aliphatic heterocycles. The van der Waals surface area contributed by atoms with Crippen molar-refractivity contribution < 1.29 is 20.3 Å². The molecule has 13 heavy (non-hydrogen) atoms. The van der Waals surface area contributed by atoms with Crippen LogP contribution in [-0.4, -0.2) is 27.4 Å². The van der Waals surface area contributed by atoms with Crippen LogP contribution in [0.1, 0.15) is 11.1 Å². The molecule has 5 heteroatoms. The number of rotatable bonds is 3. The molecule has 4 nitrogen and oxygen atoms in total. The summed E-state index contributed by atoms with van der Waals surface area (Å²) >= 11 is 0. The quantitative estimate of drug-likeness (QED) is 0.422. The van der Waals surface area contributed by atoms with Crippen LogP contribution in [0.4, 0.5) is 0 Å². The van der Waals surface area contributed by atoms with E-state index < -0.39 is 7.12 Å². The second-order valence-corrected chi connectivity index (χ2v) is 2.72. The van der Waals surface area contributed by atoms with Crippen LogP contribution in [0.2, 0.25) is 0 Å². The minimum atomic E-state index is -1.54. The Bertz CT molecular complexity index is 287. The van der Waals surface area contributed by atoms with Gasteiger partial charge in [0, 0.05) is 0 Å². The van der Waals surface area contributed by atoms with E-state index in [2.05, 4.69) is 0 Å². The highest BCUT2D eigenvalue weighted by Crippen LogP contribution is 2.06. The van der Waals surface area contributed by atoms with Gasteiger partial charge >= 0.3 is 7.12 Å². The summed E-state index contributed by atoms with van der Waals surface area (Å²) in [5.74, 6) is 0. The SMILES string of the molecule is OCc1ccc(B(O)O)cc1CO. The van der Waals surface area contributed by atoms with Gasteiger partial charge in [0.1, 0.15) is 0 Å². The summed E-state index contributed by atoms with van der Waals surface area (Å²) in [6, 6.07) is 4.51. The average Bonchev–Trinajstić information content (AvgIpc) is 2.16. The van der Waals surface area contributed by atoms with Gasteiger partial charge in [-0.3, -0.25) is 0 Å². The van der Waals surface area contributed by atoms with Crippen LogP contribution in [0.15, 0.2) is 18.2 Å². The first-order valence-corrected chi connectivity index (χ1v) is 3.88. The molecule has 0 amide bonds. The van der Waals surface area contributed by atoms with Crippen LogP contribution in [0, 0.1) is 0 Å². The van der Waals surface area contributed by atoms with E-state index in [9.17, 15) is 0 Å². The highest BCUT2D eigenvalue weighted by atomic mass is 16.4. The minimum absolute atomic E-state index is 0.169. The molecular formula is C8H11BO4. The van der Waals surface area contributed by atoms with Crippen LogP contribution < -0.4 is 5.46 Å². The molecule has 0 aromatic heterocycles. The predicted octanol–water partition coefficient (Wildman–Crippen LogP) is -1.65. The molecule has 0 bridgehead atoms. The first-order valence-electron chi connectivity index (χ1n) is 3.88. The summed E-state index contributed by atoms with van der Waals surface area (Å²) in [5, 5.41) is 35.4. The molecule has 0 atom stereocenters. The number of hydrogen-bond acceptors (Lipinski definition) is 4. The topological polar surface area (TPSA) is 80.9 Å². The van der Waals surface area contributed by atoms with Gasteiger partial charge in [-0.2, -0.15) is 0 Å². The fraction of sp³-hybridized carbons (Fsp3) is 0.250. The molecule has 0 fully saturated rings. The van der Waals surface area contributed by atoms with Crippen LogP contribution in [0.3, 0.4) is 0 Å². The number of hydrogen-bond donors (Lipinski definition) is 4. The van der Waals surface area contributed by atoms with Gasteiger partial charge in [-0.15, -0.1) is 0 Å². The van der Waals surface area contributed by atoms with Crippen molar-refractivity contribution in [3.05, 3.63) is 29.3 Å². The summed E-state index contributed by atoms with van der Waals surface area (Å²) in [5.41, 5.74) is 1.40. The van der Waals surface area contributed by atoms with Crippen molar-refractivity contribution >= 4 is 12.6 Å². The normalized spacial score (nSPS) is 10.2. The van der Waals surface area contributed by atoms with Crippen molar-refractivity contribution in [1.82, 2.24) is 0 Å². The fourth-order valence-electron chi connectivity index (χ4n) is 1.11. The number of aliphatic hydroxyl groups is 2. The molecule has 0 aliphatic carbocycles. The molecule has 0 radical (unpaired) electrons. The second kappa shape index (κ2) is 4.39. The zero-order valence-electron chi connectivity index (χ0n) is 7.01. The van der Waals surface area contributed by atoms with E-state index in [1.165, 1.54) is 12.1 Å². The zero-order valence-corrected chi connectivity index (χ0v) is 7.01. The molecule has 0 unspecified atom stereocenters. The molecule has 1 aromatic rings. The lowest BCUT2D eigenvalue weighted by molar-refractivity contribution is 0.260. The maximum absolute atomic E-state index is 8.88. The van der Waals surface area contributed by atoms with Gasteiger partial charge in [-0.1, -0.05) is 18.2 Å². The van der Waals surface area contributed by atoms with E-state index in [1.807, 2.05) is 0 Å². The lowest BCUT2D eigenvalue weighted by Crippen LogP contribution is -2.30. The Morgan fingerprint density at radius 2 is 1.62 bits per heavy atom. The third-order valence-electron chi connectivity index (χ3n) is 1.87. The van der Waals surface area contributed by atoms with E-state index >= 15 is 0 Å². The standard InChI is InChI=1S/C8H11BO4/c10-4-6-1-2-8(9(12)13)3-7(6)5-11/h1-3,10-13H,4-5H2. The first kappa shape index (κ1) is 10.2. The average molecular weight is 182 g/mol. The Kier molecular flexibility index (Phi) is 3.44. The van der Waals surface area contributed by atoms with Crippen molar-refractivity contribution in [3.8, 4) is 0 Å². The fourth-order valence-corrected chi connectivity index (χ4v) is 1.11. The highest BCUT2D eigenvalue weighted by Gasteiger charge is 2.12. The lowest BCUT2D eigenvalue weighted by atomic mass is 9.79. The Morgan fingerprint density at radius 3 is 2.08 bits per heavy atom. The van der Waals surface area contributed by atoms with E-state index in [0.717, 1.165) is 0 Å². The maximum Gasteiger partial charge on any atom is 0.488 e. The van der Waals surface area contributed by atoms with Gasteiger partial charge in [-0.05, 0) is 16.6 Å². The van der Waals surface area contributed by atoms with Gasteiger partial charge in [0.25, 0.3) is 0 Å². The third kappa shape index (κ3) is 2.29. The molecule has 1 rings (SSSR count). The third-order valence-corrected chi connectivity index (χ3v) is 1.87. The molecular weight excluding hydrogens is 171 g/mol. The second-order valence-electron chi connectivity index (χ2n) is 2.72. The molecule has 70 valence electrons. The first-order chi connectivity index (χ1) is 6.19. The van der Waals surface area contributed by atoms with Crippen LogP contribution in [0.5, 0.6) is 0 Å². The molecule has 0 saturated heterocycles. The predicted molar refractivity (Wildman–Crippen MR) is 48.1 cm³/mol. The summed E-state index contributed by atoms with van der Waals surface area (Å²) in [6.45, 7) is -0.395. The summed E-state index contributed by atoms with van der Waals surface area (Å²) in [7, 11) is -1.54. The Labute approximate surface area is 76.2 Å². The van der Waals surface area contributed by atoms with Gasteiger partial charge in [-0.25, -0.2) is 0 Å². The molecule has 0 heterocycles. The summed E-state index contributed by atoms with van der Waals surface area (Å²) in [4.78, 5) is 0. The molecule has 0 spiro atoms. The van der Waals surface area contributed by atoms with Crippen molar-refractivity contribution in [2.45, 2.75) is 13.2 Å². The van der Waals surface area contributed by atoms with Crippen LogP contribution in [-0.2, 0) is 13.2 Å². The Balaban J connectivity index is 3.05.